The van der Waals surface area contributed by atoms with Crippen molar-refractivity contribution in [3.63, 3.8) is 0 Å². The first-order valence-corrected chi connectivity index (χ1v) is 5.37. The Morgan fingerprint density at radius 1 is 1.53 bits per heavy atom. The Morgan fingerprint density at radius 3 is 2.93 bits per heavy atom. The van der Waals surface area contributed by atoms with Crippen molar-refractivity contribution in [1.82, 2.24) is 0 Å². The van der Waals surface area contributed by atoms with Gasteiger partial charge in [0.05, 0.1) is 5.46 Å². The molecule has 1 aliphatic heterocycles. The molecule has 0 atom stereocenters. The number of halogens is 2. The molecular weight excluding hydrogens is 278 g/mol. The SMILES string of the molecule is CCC1=[NH+]B(O)c2cc(Br)ccc2N1.[Cl-]. The van der Waals surface area contributed by atoms with E-state index in [9.17, 15) is 5.02 Å². The molecule has 0 aromatic heterocycles. The molecule has 2 rings (SSSR count). The number of amidine groups is 1. The third-order valence-electron chi connectivity index (χ3n) is 2.26. The molecule has 6 heteroatoms. The second kappa shape index (κ2) is 5.01. The van der Waals surface area contributed by atoms with Crippen LogP contribution in [-0.2, 0) is 0 Å². The molecule has 0 unspecified atom stereocenters. The Hall–Kier alpha value is -0.515. The molecule has 15 heavy (non-hydrogen) atoms. The van der Waals surface area contributed by atoms with Crippen LogP contribution in [0, 0.1) is 0 Å². The molecule has 0 amide bonds. The van der Waals surface area contributed by atoms with Gasteiger partial charge in [-0.1, -0.05) is 22.9 Å². The minimum Gasteiger partial charge on any atom is -1.00 e. The average Bonchev–Trinajstić information content (AvgIpc) is 2.19. The van der Waals surface area contributed by atoms with E-state index in [2.05, 4.69) is 26.2 Å². The van der Waals surface area contributed by atoms with Crippen LogP contribution in [0.1, 0.15) is 13.3 Å². The molecule has 3 N–H and O–H groups in total. The van der Waals surface area contributed by atoms with E-state index in [-0.39, 0.29) is 12.4 Å². The lowest BCUT2D eigenvalue weighted by Crippen LogP contribution is -3.00. The maximum Gasteiger partial charge on any atom is 0.574 e. The van der Waals surface area contributed by atoms with Gasteiger partial charge in [-0.05, 0) is 18.2 Å². The van der Waals surface area contributed by atoms with Gasteiger partial charge in [0.25, 0.3) is 0 Å². The van der Waals surface area contributed by atoms with E-state index in [0.29, 0.717) is 0 Å². The normalized spacial score (nSPS) is 13.5. The van der Waals surface area contributed by atoms with Crippen molar-refractivity contribution in [1.29, 1.82) is 0 Å². The predicted octanol–water partition coefficient (Wildman–Crippen LogP) is -3.54. The number of fused-ring (bicyclic) bond motifs is 1. The molecule has 0 saturated carbocycles. The molecule has 1 heterocycles. The minimum absolute atomic E-state index is 0. The first kappa shape index (κ1) is 12.6. The summed E-state index contributed by atoms with van der Waals surface area (Å²) in [5, 5.41) is 13.0. The lowest BCUT2D eigenvalue weighted by Gasteiger charge is -2.12. The van der Waals surface area contributed by atoms with Crippen LogP contribution in [-0.4, -0.2) is 17.9 Å². The smallest absolute Gasteiger partial charge is 0.574 e. The van der Waals surface area contributed by atoms with E-state index in [0.717, 1.165) is 27.9 Å². The second-order valence-corrected chi connectivity index (χ2v) is 4.15. The number of benzene rings is 1. The monoisotopic (exact) mass is 288 g/mol. The third-order valence-corrected chi connectivity index (χ3v) is 2.75. The quantitative estimate of drug-likeness (QED) is 0.469. The van der Waals surface area contributed by atoms with E-state index >= 15 is 0 Å². The third kappa shape index (κ3) is 2.54. The lowest BCUT2D eigenvalue weighted by atomic mass is 9.73. The summed E-state index contributed by atoms with van der Waals surface area (Å²) >= 11 is 3.38. The van der Waals surface area contributed by atoms with E-state index in [1.807, 2.05) is 25.1 Å². The largest absolute Gasteiger partial charge is 1.00 e. The summed E-state index contributed by atoms with van der Waals surface area (Å²) in [5.41, 5.74) is 1.84. The van der Waals surface area contributed by atoms with Crippen LogP contribution in [0.25, 0.3) is 0 Å². The fourth-order valence-corrected chi connectivity index (χ4v) is 1.88. The van der Waals surface area contributed by atoms with Gasteiger partial charge in [-0.25, -0.2) is 5.32 Å². The molecule has 0 bridgehead atoms. The second-order valence-electron chi connectivity index (χ2n) is 3.24. The highest BCUT2D eigenvalue weighted by molar-refractivity contribution is 9.10. The fraction of sp³-hybridized carbons (Fsp3) is 0.222. The van der Waals surface area contributed by atoms with Crippen LogP contribution in [0.4, 0.5) is 5.69 Å². The van der Waals surface area contributed by atoms with Gasteiger partial charge >= 0.3 is 7.05 Å². The van der Waals surface area contributed by atoms with Crippen molar-refractivity contribution in [2.75, 3.05) is 5.32 Å². The van der Waals surface area contributed by atoms with Crippen LogP contribution < -0.4 is 28.1 Å². The van der Waals surface area contributed by atoms with Crippen molar-refractivity contribution in [3.8, 4) is 0 Å². The van der Waals surface area contributed by atoms with Gasteiger partial charge in [0.1, 0.15) is 5.69 Å². The van der Waals surface area contributed by atoms with Gasteiger partial charge in [0.2, 0.25) is 5.84 Å². The first-order chi connectivity index (χ1) is 6.70. The van der Waals surface area contributed by atoms with Crippen LogP contribution in [0.2, 0.25) is 0 Å². The van der Waals surface area contributed by atoms with Crippen LogP contribution in [0.15, 0.2) is 22.7 Å². The van der Waals surface area contributed by atoms with E-state index in [1.54, 1.807) is 0 Å². The van der Waals surface area contributed by atoms with Crippen LogP contribution >= 0.6 is 15.9 Å². The molecule has 1 aromatic rings. The first-order valence-electron chi connectivity index (χ1n) is 4.57. The Bertz CT molecular complexity index is 400. The van der Waals surface area contributed by atoms with Gasteiger partial charge in [0, 0.05) is 10.9 Å². The number of nitrogens with one attached hydrogen (secondary N) is 2. The summed E-state index contributed by atoms with van der Waals surface area (Å²) in [7, 11) is -0.612. The maximum absolute atomic E-state index is 9.79. The molecule has 1 aromatic carbocycles. The molecule has 0 saturated heterocycles. The summed E-state index contributed by atoms with van der Waals surface area (Å²) in [4.78, 5) is 2.99. The van der Waals surface area contributed by atoms with E-state index in [4.69, 9.17) is 0 Å². The minimum atomic E-state index is -0.612. The van der Waals surface area contributed by atoms with E-state index in [1.165, 1.54) is 0 Å². The van der Waals surface area contributed by atoms with Crippen LogP contribution in [0.3, 0.4) is 0 Å². The van der Waals surface area contributed by atoms with Gasteiger partial charge in [0.15, 0.2) is 0 Å². The number of hydrogen-bond donors (Lipinski definition) is 3. The summed E-state index contributed by atoms with van der Waals surface area (Å²) in [6.45, 7) is 2.03. The zero-order valence-corrected chi connectivity index (χ0v) is 10.6. The molecule has 3 nitrogen and oxygen atoms in total. The molecule has 0 spiro atoms. The van der Waals surface area contributed by atoms with E-state index < -0.39 is 7.05 Å². The Labute approximate surface area is 104 Å². The average molecular weight is 289 g/mol. The van der Waals surface area contributed by atoms with Crippen molar-refractivity contribution in [3.05, 3.63) is 22.7 Å². The molecular formula is C9H11BBrClN2O. The molecule has 80 valence electrons. The Balaban J connectivity index is 0.00000112. The highest BCUT2D eigenvalue weighted by Crippen LogP contribution is 2.13. The van der Waals surface area contributed by atoms with Gasteiger partial charge in [-0.3, -0.25) is 0 Å². The maximum atomic E-state index is 9.79. The van der Waals surface area contributed by atoms with Crippen molar-refractivity contribution >= 4 is 40.0 Å². The molecule has 0 fully saturated rings. The summed E-state index contributed by atoms with van der Waals surface area (Å²) in [6, 6.07) is 5.82. The lowest BCUT2D eigenvalue weighted by molar-refractivity contribution is -0.312. The topological polar surface area (TPSA) is 46.2 Å². The predicted molar refractivity (Wildman–Crippen MR) is 61.6 cm³/mol. The molecule has 1 aliphatic rings. The highest BCUT2D eigenvalue weighted by Gasteiger charge is 2.30. The zero-order chi connectivity index (χ0) is 10.1. The summed E-state index contributed by atoms with van der Waals surface area (Å²) in [5.74, 6) is 0.951. The summed E-state index contributed by atoms with van der Waals surface area (Å²) < 4.78 is 0.971. The Kier molecular flexibility index (Phi) is 4.19. The highest BCUT2D eigenvalue weighted by atomic mass is 79.9. The molecule has 0 aliphatic carbocycles. The fourth-order valence-electron chi connectivity index (χ4n) is 1.51. The standard InChI is InChI=1S/C9H10BBrN2O.ClH/c1-2-9-12-8-4-3-6(11)5-7(8)10(14)13-9;/h3-5,14H,2H2,1H3,(H,12,13);1H. The Morgan fingerprint density at radius 2 is 2.27 bits per heavy atom. The number of anilines is 1. The zero-order valence-electron chi connectivity index (χ0n) is 8.22. The summed E-state index contributed by atoms with van der Waals surface area (Å²) in [6.07, 6.45) is 0.854. The van der Waals surface area contributed by atoms with Crippen molar-refractivity contribution in [2.24, 2.45) is 0 Å². The van der Waals surface area contributed by atoms with Crippen molar-refractivity contribution < 1.29 is 22.3 Å². The number of rotatable bonds is 1. The van der Waals surface area contributed by atoms with Crippen molar-refractivity contribution in [2.45, 2.75) is 13.3 Å². The molecule has 0 radical (unpaired) electrons. The number of hydrogen-bond acceptors (Lipinski definition) is 2. The van der Waals surface area contributed by atoms with Gasteiger partial charge < -0.3 is 22.3 Å². The van der Waals surface area contributed by atoms with Gasteiger partial charge in [-0.2, -0.15) is 0 Å². The van der Waals surface area contributed by atoms with Gasteiger partial charge in [-0.15, -0.1) is 0 Å². The van der Waals surface area contributed by atoms with Crippen LogP contribution in [0.5, 0.6) is 0 Å².